The summed E-state index contributed by atoms with van der Waals surface area (Å²) in [4.78, 5) is 32.5. The van der Waals surface area contributed by atoms with Crippen molar-refractivity contribution in [3.8, 4) is 17.8 Å². The molecule has 7 N–H and O–H groups in total. The first-order valence-corrected chi connectivity index (χ1v) is 22.9. The highest BCUT2D eigenvalue weighted by molar-refractivity contribution is 5.72. The number of hydrogen-bond donors (Lipinski definition) is 6. The molecule has 0 aliphatic heterocycles. The van der Waals surface area contributed by atoms with E-state index in [0.717, 1.165) is 25.7 Å². The van der Waals surface area contributed by atoms with Gasteiger partial charge in [0.1, 0.15) is 12.1 Å². The number of pyridine rings is 1. The summed E-state index contributed by atoms with van der Waals surface area (Å²) in [5.41, 5.74) is 7.18. The zero-order valence-corrected chi connectivity index (χ0v) is 36.9. The number of amides is 1. The molecule has 2 fully saturated rings. The lowest BCUT2D eigenvalue weighted by atomic mass is 9.90. The monoisotopic (exact) mass is 851 g/mol. The van der Waals surface area contributed by atoms with Crippen LogP contribution < -0.4 is 30.6 Å². The van der Waals surface area contributed by atoms with E-state index in [0.29, 0.717) is 92.4 Å². The first kappa shape index (κ1) is 49.6. The number of aliphatic hydroxyl groups excluding tert-OH is 3. The van der Waals surface area contributed by atoms with Crippen LogP contribution >= 0.6 is 0 Å². The second-order valence-corrected chi connectivity index (χ2v) is 16.7. The van der Waals surface area contributed by atoms with Gasteiger partial charge >= 0.3 is 6.01 Å². The molecule has 61 heavy (non-hydrogen) atoms. The Labute approximate surface area is 363 Å². The maximum atomic E-state index is 10.8. The summed E-state index contributed by atoms with van der Waals surface area (Å²) >= 11 is 0. The minimum Gasteiger partial charge on any atom is -0.477 e. The minimum atomic E-state index is -0.911. The lowest BCUT2D eigenvalue weighted by molar-refractivity contribution is -0.119. The Kier molecular flexibility index (Phi) is 23.2. The topological polar surface area (TPSA) is 220 Å². The van der Waals surface area contributed by atoms with Gasteiger partial charge < -0.3 is 40.6 Å². The maximum absolute atomic E-state index is 10.8. The van der Waals surface area contributed by atoms with Crippen molar-refractivity contribution in [2.45, 2.75) is 161 Å². The van der Waals surface area contributed by atoms with E-state index in [1.807, 2.05) is 12.1 Å². The highest BCUT2D eigenvalue weighted by Crippen LogP contribution is 2.26. The molecular weight excluding hydrogens is 777 g/mol. The fourth-order valence-electron chi connectivity index (χ4n) is 7.88. The number of ether oxygens (including phenoxy) is 3. The number of carbonyl (C=O) groups excluding carboxylic acids is 1. The molecule has 2 aliphatic rings. The minimum absolute atomic E-state index is 0.0971. The molecule has 0 radical (unpaired) electrons. The van der Waals surface area contributed by atoms with Crippen LogP contribution in [0.2, 0.25) is 0 Å². The van der Waals surface area contributed by atoms with E-state index in [1.165, 1.54) is 71.1 Å². The van der Waals surface area contributed by atoms with Gasteiger partial charge in [-0.05, 0) is 81.3 Å². The molecule has 0 aromatic carbocycles. The number of aromatic nitrogens is 5. The first-order chi connectivity index (χ1) is 29.6. The first-order valence-electron chi connectivity index (χ1n) is 22.9. The number of hydrogen-bond acceptors (Lipinski definition) is 14. The van der Waals surface area contributed by atoms with Crippen molar-refractivity contribution in [2.24, 2.45) is 23.5 Å². The van der Waals surface area contributed by atoms with Crippen LogP contribution in [-0.4, -0.2) is 84.9 Å². The largest absolute Gasteiger partial charge is 0.477 e. The summed E-state index contributed by atoms with van der Waals surface area (Å²) in [6, 6.07) is 9.15. The highest BCUT2D eigenvalue weighted by atomic mass is 16.5. The Balaban J connectivity index is 0.000000306. The fourth-order valence-corrected chi connectivity index (χ4v) is 7.88. The van der Waals surface area contributed by atoms with E-state index in [1.54, 1.807) is 30.6 Å². The van der Waals surface area contributed by atoms with Crippen LogP contribution in [0, 0.1) is 17.8 Å². The highest BCUT2D eigenvalue weighted by Gasteiger charge is 2.20. The van der Waals surface area contributed by atoms with E-state index < -0.39 is 24.6 Å². The summed E-state index contributed by atoms with van der Waals surface area (Å²) in [5.74, 6) is 3.35. The molecular formula is C46H74N8O7. The van der Waals surface area contributed by atoms with Crippen LogP contribution in [0.4, 0.5) is 0 Å². The lowest BCUT2D eigenvalue weighted by Gasteiger charge is -2.22. The van der Waals surface area contributed by atoms with Gasteiger partial charge in [0.05, 0.1) is 49.6 Å². The number of rotatable bonds is 25. The summed E-state index contributed by atoms with van der Waals surface area (Å²) in [5, 5.41) is 36.8. The predicted molar refractivity (Wildman–Crippen MR) is 235 cm³/mol. The number of carbonyl (C=O) groups is 1. The van der Waals surface area contributed by atoms with Gasteiger partial charge in [-0.1, -0.05) is 71.3 Å². The number of aryl methyl sites for hydroxylation is 1. The second-order valence-electron chi connectivity index (χ2n) is 16.7. The van der Waals surface area contributed by atoms with Gasteiger partial charge in [0.25, 0.3) is 0 Å². The molecule has 0 saturated heterocycles. The Morgan fingerprint density at radius 2 is 1.39 bits per heavy atom. The van der Waals surface area contributed by atoms with Crippen LogP contribution in [0.3, 0.4) is 0 Å². The van der Waals surface area contributed by atoms with E-state index in [9.17, 15) is 20.1 Å². The number of aliphatic hydroxyl groups is 3. The van der Waals surface area contributed by atoms with Gasteiger partial charge in [0.15, 0.2) is 0 Å². The quantitative estimate of drug-likeness (QED) is 0.0491. The molecule has 2 aliphatic carbocycles. The molecule has 3 aromatic rings. The molecule has 15 heteroatoms. The molecule has 340 valence electrons. The molecule has 2 saturated carbocycles. The average molecular weight is 851 g/mol. The van der Waals surface area contributed by atoms with E-state index >= 15 is 0 Å². The van der Waals surface area contributed by atoms with Gasteiger partial charge in [0.2, 0.25) is 17.7 Å². The molecule has 0 spiro atoms. The number of nitrogens with one attached hydrogen (secondary N) is 2. The van der Waals surface area contributed by atoms with Gasteiger partial charge in [-0.3, -0.25) is 10.1 Å². The van der Waals surface area contributed by atoms with Crippen molar-refractivity contribution in [2.75, 3.05) is 26.4 Å². The Hall–Kier alpha value is -4.02. The third kappa shape index (κ3) is 20.1. The van der Waals surface area contributed by atoms with Crippen LogP contribution in [0.25, 0.3) is 0 Å². The molecule has 0 bridgehead atoms. The summed E-state index contributed by atoms with van der Waals surface area (Å²) in [6.45, 7) is 8.23. The van der Waals surface area contributed by atoms with Crippen molar-refractivity contribution >= 4 is 5.91 Å². The smallest absolute Gasteiger partial charge is 0.316 e. The molecule has 3 aromatic heterocycles. The van der Waals surface area contributed by atoms with Crippen molar-refractivity contribution in [3.63, 3.8) is 0 Å². The standard InChI is InChI=1S/C28H44N6O4.C18H30N2O3/c29-24(17-23(35)22-13-15-31-28(32-22)38-19-21-9-5-2-6-10-21)33-26(36)12-11-25-30-16-14-27(34-25)37-18-20-7-3-1-4-8-20;1-4-7-15(8-5-2)13-23-18-10-6-9-16(20-18)17(22)11-12-19-14(3)21/h13-16,20-21,23-24,26,33,35-36H,1-12,17-19,29H2;6,9-10,15,17,22H,4-5,7-8,11-13H2,1-3H3,(H,19,21)/t23?,24?,26-;/m1./s1. The van der Waals surface area contributed by atoms with Crippen molar-refractivity contribution in [1.82, 2.24) is 35.6 Å². The van der Waals surface area contributed by atoms with Crippen molar-refractivity contribution in [3.05, 3.63) is 59.9 Å². The van der Waals surface area contributed by atoms with Gasteiger partial charge in [-0.2, -0.15) is 9.97 Å². The predicted octanol–water partition coefficient (Wildman–Crippen LogP) is 6.67. The maximum Gasteiger partial charge on any atom is 0.316 e. The van der Waals surface area contributed by atoms with E-state index in [-0.39, 0.29) is 18.3 Å². The molecule has 1 amide bonds. The van der Waals surface area contributed by atoms with Crippen LogP contribution in [-0.2, 0) is 11.2 Å². The third-order valence-electron chi connectivity index (χ3n) is 11.3. The number of nitrogens with zero attached hydrogens (tertiary/aromatic N) is 5. The third-order valence-corrected chi connectivity index (χ3v) is 11.3. The van der Waals surface area contributed by atoms with Gasteiger partial charge in [-0.25, -0.2) is 15.0 Å². The Morgan fingerprint density at radius 1 is 0.754 bits per heavy atom. The normalized spacial score (nSPS) is 16.8. The number of nitrogens with two attached hydrogens (primary N) is 1. The summed E-state index contributed by atoms with van der Waals surface area (Å²) < 4.78 is 17.5. The van der Waals surface area contributed by atoms with Crippen molar-refractivity contribution in [1.29, 1.82) is 0 Å². The fraction of sp³-hybridized carbons (Fsp3) is 0.696. The van der Waals surface area contributed by atoms with Crippen LogP contribution in [0.15, 0.2) is 42.7 Å². The average Bonchev–Trinajstić information content (AvgIpc) is 3.27. The van der Waals surface area contributed by atoms with Gasteiger partial charge in [-0.15, -0.1) is 0 Å². The van der Waals surface area contributed by atoms with Crippen molar-refractivity contribution < 1.29 is 34.3 Å². The molecule has 3 heterocycles. The second kappa shape index (κ2) is 28.6. The van der Waals surface area contributed by atoms with E-state index in [4.69, 9.17) is 19.9 Å². The molecule has 4 atom stereocenters. The summed E-state index contributed by atoms with van der Waals surface area (Å²) in [7, 11) is 0. The SMILES string of the molecule is CCCC(CCC)COc1cccc(C(O)CCNC(C)=O)n1.NC(CC(O)c1ccnc(OCC2CCCCC2)n1)N[C@H](O)CCc1nccc(OCC2CCCCC2)n1. The zero-order chi connectivity index (χ0) is 43.7. The van der Waals surface area contributed by atoms with Crippen LogP contribution in [0.5, 0.6) is 17.8 Å². The molecule has 15 nitrogen and oxygen atoms in total. The summed E-state index contributed by atoms with van der Waals surface area (Å²) in [6.07, 6.45) is 18.7. The molecule has 5 rings (SSSR count). The van der Waals surface area contributed by atoms with E-state index in [2.05, 4.69) is 49.4 Å². The van der Waals surface area contributed by atoms with Crippen LogP contribution in [0.1, 0.15) is 159 Å². The Bertz CT molecular complexity index is 1640. The lowest BCUT2D eigenvalue weighted by Crippen LogP contribution is -2.45. The Morgan fingerprint density at radius 3 is 2.07 bits per heavy atom. The van der Waals surface area contributed by atoms with Gasteiger partial charge in [0, 0.05) is 50.8 Å². The molecule has 3 unspecified atom stereocenters. The zero-order valence-electron chi connectivity index (χ0n) is 36.9.